The second kappa shape index (κ2) is 3.64. The minimum atomic E-state index is 0.923. The van der Waals surface area contributed by atoms with Gasteiger partial charge in [0.05, 0.1) is 6.67 Å². The summed E-state index contributed by atoms with van der Waals surface area (Å²) in [7, 11) is 2.10. The topological polar surface area (TPSA) is 44.0 Å². The fourth-order valence-corrected chi connectivity index (χ4v) is 2.02. The zero-order valence-electron chi connectivity index (χ0n) is 9.20. The van der Waals surface area contributed by atoms with Crippen molar-refractivity contribution in [2.75, 3.05) is 20.3 Å². The van der Waals surface area contributed by atoms with Crippen LogP contribution in [0.1, 0.15) is 5.56 Å². The third-order valence-corrected chi connectivity index (χ3v) is 2.83. The molecule has 0 aromatic carbocycles. The number of aromatic amines is 1. The number of hydrogen-bond acceptors (Lipinski definition) is 3. The molecule has 2 N–H and O–H groups in total. The van der Waals surface area contributed by atoms with Crippen LogP contribution in [0.25, 0.3) is 17.1 Å². The Labute approximate surface area is 94.0 Å². The monoisotopic (exact) mass is 214 g/mol. The highest BCUT2D eigenvalue weighted by atomic mass is 15.3. The van der Waals surface area contributed by atoms with E-state index in [1.54, 1.807) is 6.20 Å². The lowest BCUT2D eigenvalue weighted by molar-refractivity contribution is 0.414. The standard InChI is InChI=1S/C12H14N4/c1-16-7-10(15-8-16)5-9-6-14-12-11(9)3-2-4-13-12/h2-6,15H,7-8H2,1H3,(H,13,14)/b10-5-. The molecule has 1 aliphatic heterocycles. The number of H-pyrrole nitrogens is 1. The summed E-state index contributed by atoms with van der Waals surface area (Å²) in [6.07, 6.45) is 5.99. The summed E-state index contributed by atoms with van der Waals surface area (Å²) in [6, 6.07) is 4.05. The van der Waals surface area contributed by atoms with Gasteiger partial charge >= 0.3 is 0 Å². The van der Waals surface area contributed by atoms with Gasteiger partial charge in [0.15, 0.2) is 0 Å². The summed E-state index contributed by atoms with van der Waals surface area (Å²) in [5, 5.41) is 4.53. The van der Waals surface area contributed by atoms with Crippen molar-refractivity contribution < 1.29 is 0 Å². The van der Waals surface area contributed by atoms with E-state index in [0.29, 0.717) is 0 Å². The Kier molecular flexibility index (Phi) is 2.15. The average Bonchev–Trinajstić information content (AvgIpc) is 2.87. The van der Waals surface area contributed by atoms with Crippen LogP contribution in [0.4, 0.5) is 0 Å². The smallest absolute Gasteiger partial charge is 0.137 e. The van der Waals surface area contributed by atoms with Crippen LogP contribution in [0.3, 0.4) is 0 Å². The summed E-state index contributed by atoms with van der Waals surface area (Å²) in [6.45, 7) is 1.90. The van der Waals surface area contributed by atoms with E-state index in [1.165, 1.54) is 16.6 Å². The van der Waals surface area contributed by atoms with E-state index in [1.807, 2.05) is 12.3 Å². The lowest BCUT2D eigenvalue weighted by atomic mass is 10.2. The SMILES string of the molecule is CN1CN/C(=C\c2c[nH]c3ncccc23)C1. The van der Waals surface area contributed by atoms with E-state index in [-0.39, 0.29) is 0 Å². The molecule has 0 radical (unpaired) electrons. The van der Waals surface area contributed by atoms with Crippen molar-refractivity contribution >= 4 is 17.1 Å². The van der Waals surface area contributed by atoms with Gasteiger partial charge in [0.2, 0.25) is 0 Å². The van der Waals surface area contributed by atoms with Gasteiger partial charge in [0.25, 0.3) is 0 Å². The van der Waals surface area contributed by atoms with E-state index in [4.69, 9.17) is 0 Å². The van der Waals surface area contributed by atoms with Crippen LogP contribution in [0.15, 0.2) is 30.2 Å². The molecular formula is C12H14N4. The first kappa shape index (κ1) is 9.42. The van der Waals surface area contributed by atoms with E-state index in [9.17, 15) is 0 Å². The molecule has 4 nitrogen and oxygen atoms in total. The Morgan fingerprint density at radius 2 is 2.44 bits per heavy atom. The molecule has 1 fully saturated rings. The van der Waals surface area contributed by atoms with E-state index >= 15 is 0 Å². The maximum absolute atomic E-state index is 4.28. The number of nitrogens with one attached hydrogen (secondary N) is 2. The quantitative estimate of drug-likeness (QED) is 0.754. The van der Waals surface area contributed by atoms with Gasteiger partial charge in [-0.3, -0.25) is 4.90 Å². The van der Waals surface area contributed by atoms with Crippen molar-refractivity contribution in [2.24, 2.45) is 0 Å². The number of aromatic nitrogens is 2. The number of fused-ring (bicyclic) bond motifs is 1. The molecule has 2 aromatic heterocycles. The largest absolute Gasteiger partial charge is 0.375 e. The molecule has 0 spiro atoms. The molecule has 16 heavy (non-hydrogen) atoms. The molecule has 3 rings (SSSR count). The second-order valence-electron chi connectivity index (χ2n) is 4.16. The Bertz CT molecular complexity index is 541. The molecule has 82 valence electrons. The third kappa shape index (κ3) is 1.57. The molecule has 0 saturated carbocycles. The van der Waals surface area contributed by atoms with E-state index < -0.39 is 0 Å². The lowest BCUT2D eigenvalue weighted by Gasteiger charge is -1.99. The van der Waals surface area contributed by atoms with Crippen LogP contribution in [0.5, 0.6) is 0 Å². The van der Waals surface area contributed by atoms with Gasteiger partial charge in [-0.25, -0.2) is 4.98 Å². The Morgan fingerprint density at radius 1 is 1.50 bits per heavy atom. The summed E-state index contributed by atoms with van der Waals surface area (Å²) in [4.78, 5) is 9.69. The number of nitrogens with zero attached hydrogens (tertiary/aromatic N) is 2. The number of likely N-dealkylation sites (N-methyl/N-ethyl adjacent to an activating group) is 1. The summed E-state index contributed by atoms with van der Waals surface area (Å²) in [5.41, 5.74) is 3.40. The predicted octanol–water partition coefficient (Wildman–Crippen LogP) is 1.40. The van der Waals surface area contributed by atoms with Gasteiger partial charge in [-0.1, -0.05) is 0 Å². The number of rotatable bonds is 1. The molecule has 1 aliphatic rings. The Balaban J connectivity index is 2.01. The van der Waals surface area contributed by atoms with Crippen molar-refractivity contribution in [3.63, 3.8) is 0 Å². The zero-order valence-corrected chi connectivity index (χ0v) is 9.20. The Morgan fingerprint density at radius 3 is 3.25 bits per heavy atom. The molecular weight excluding hydrogens is 200 g/mol. The first-order valence-corrected chi connectivity index (χ1v) is 5.38. The molecule has 2 aromatic rings. The predicted molar refractivity (Wildman–Crippen MR) is 64.7 cm³/mol. The third-order valence-electron chi connectivity index (χ3n) is 2.83. The summed E-state index contributed by atoms with van der Waals surface area (Å²) >= 11 is 0. The van der Waals surface area contributed by atoms with Crippen LogP contribution >= 0.6 is 0 Å². The maximum Gasteiger partial charge on any atom is 0.137 e. The van der Waals surface area contributed by atoms with Gasteiger partial charge < -0.3 is 10.3 Å². The van der Waals surface area contributed by atoms with Crippen LogP contribution in [0.2, 0.25) is 0 Å². The fraction of sp³-hybridized carbons (Fsp3) is 0.250. The van der Waals surface area contributed by atoms with Crippen LogP contribution in [-0.2, 0) is 0 Å². The number of hydrogen-bond donors (Lipinski definition) is 2. The van der Waals surface area contributed by atoms with Crippen molar-refractivity contribution in [3.8, 4) is 0 Å². The normalized spacial score (nSPS) is 19.4. The zero-order chi connectivity index (χ0) is 11.0. The molecule has 0 aliphatic carbocycles. The van der Waals surface area contributed by atoms with Gasteiger partial charge in [-0.2, -0.15) is 0 Å². The van der Waals surface area contributed by atoms with Crippen LogP contribution in [-0.4, -0.2) is 35.1 Å². The highest BCUT2D eigenvalue weighted by molar-refractivity contribution is 5.86. The molecule has 1 saturated heterocycles. The minimum absolute atomic E-state index is 0.923. The molecule has 0 unspecified atom stereocenters. The highest BCUT2D eigenvalue weighted by Crippen LogP contribution is 2.19. The maximum atomic E-state index is 4.28. The van der Waals surface area contributed by atoms with E-state index in [0.717, 1.165) is 18.9 Å². The van der Waals surface area contributed by atoms with Crippen molar-refractivity contribution in [1.29, 1.82) is 0 Å². The van der Waals surface area contributed by atoms with Gasteiger partial charge in [0, 0.05) is 35.6 Å². The summed E-state index contributed by atoms with van der Waals surface area (Å²) in [5.74, 6) is 0. The lowest BCUT2D eigenvalue weighted by Crippen LogP contribution is -2.15. The van der Waals surface area contributed by atoms with Crippen LogP contribution in [0, 0.1) is 0 Å². The average molecular weight is 214 g/mol. The molecule has 4 heteroatoms. The van der Waals surface area contributed by atoms with Crippen molar-refractivity contribution in [1.82, 2.24) is 20.2 Å². The summed E-state index contributed by atoms with van der Waals surface area (Å²) < 4.78 is 0. The van der Waals surface area contributed by atoms with Gasteiger partial charge in [0.1, 0.15) is 5.65 Å². The van der Waals surface area contributed by atoms with E-state index in [2.05, 4.69) is 39.4 Å². The van der Waals surface area contributed by atoms with Crippen molar-refractivity contribution in [3.05, 3.63) is 35.8 Å². The first-order valence-electron chi connectivity index (χ1n) is 5.38. The van der Waals surface area contributed by atoms with Gasteiger partial charge in [-0.15, -0.1) is 0 Å². The molecule has 0 amide bonds. The second-order valence-corrected chi connectivity index (χ2v) is 4.16. The highest BCUT2D eigenvalue weighted by Gasteiger charge is 2.11. The minimum Gasteiger partial charge on any atom is -0.375 e. The molecule has 0 atom stereocenters. The van der Waals surface area contributed by atoms with Crippen molar-refractivity contribution in [2.45, 2.75) is 0 Å². The van der Waals surface area contributed by atoms with Gasteiger partial charge in [-0.05, 0) is 25.3 Å². The molecule has 3 heterocycles. The molecule has 0 bridgehead atoms. The fourth-order valence-electron chi connectivity index (χ4n) is 2.02. The first-order chi connectivity index (χ1) is 7.83. The van der Waals surface area contributed by atoms with Crippen LogP contribution < -0.4 is 5.32 Å². The Hall–Kier alpha value is -1.81. The number of pyridine rings is 1.